The monoisotopic (exact) mass is 488 g/mol. The molecule has 0 saturated carbocycles. The maximum atomic E-state index is 12.2. The molecular formula is C28H36N6O2. The number of nitrogens with zero attached hydrogens (tertiary/aromatic N) is 5. The molecule has 8 heteroatoms. The largest absolute Gasteiger partial charge is 0.348 e. The standard InChI is InChI=1S/C28H36N6O2/c1-6-25(35)33-15-14-32(24(18-33)19(3)4)17-21-8-10-22(11-9-21)20(5)30-28-29-16-23-12-13-26(36)34(7-2)27(23)31-28/h6,8-13,16,19-20,24H,1,7,14-15,17-18H2,2-5H3,(H,29,30,31)/t20-,24-/m0/s1. The minimum Gasteiger partial charge on any atom is -0.348 e. The number of nitrogens with one attached hydrogen (secondary N) is 1. The molecule has 1 amide bonds. The van der Waals surface area contributed by atoms with Gasteiger partial charge in [-0.05, 0) is 43.0 Å². The van der Waals surface area contributed by atoms with Crippen LogP contribution in [0, 0.1) is 5.92 Å². The molecule has 0 aliphatic carbocycles. The van der Waals surface area contributed by atoms with E-state index in [0.717, 1.165) is 37.1 Å². The van der Waals surface area contributed by atoms with Crippen LogP contribution in [0.1, 0.15) is 44.9 Å². The number of aryl methyl sites for hydroxylation is 1. The van der Waals surface area contributed by atoms with E-state index in [0.29, 0.717) is 30.1 Å². The molecular weight excluding hydrogens is 452 g/mol. The molecule has 2 atom stereocenters. The molecule has 1 fully saturated rings. The molecule has 0 radical (unpaired) electrons. The second-order valence-corrected chi connectivity index (χ2v) is 9.77. The lowest BCUT2D eigenvalue weighted by Gasteiger charge is -2.43. The molecule has 0 bridgehead atoms. The molecule has 1 aliphatic rings. The number of anilines is 1. The third-order valence-electron chi connectivity index (χ3n) is 7.04. The zero-order valence-corrected chi connectivity index (χ0v) is 21.6. The molecule has 8 nitrogen and oxygen atoms in total. The lowest BCUT2D eigenvalue weighted by Crippen LogP contribution is -2.55. The Balaban J connectivity index is 1.43. The van der Waals surface area contributed by atoms with Crippen LogP contribution in [0.3, 0.4) is 0 Å². The van der Waals surface area contributed by atoms with Gasteiger partial charge in [0.25, 0.3) is 5.56 Å². The Morgan fingerprint density at radius 3 is 2.58 bits per heavy atom. The number of carbonyl (C=O) groups is 1. The smallest absolute Gasteiger partial charge is 0.252 e. The van der Waals surface area contributed by atoms with Crippen molar-refractivity contribution >= 4 is 22.9 Å². The first kappa shape index (κ1) is 25.6. The zero-order valence-electron chi connectivity index (χ0n) is 21.6. The van der Waals surface area contributed by atoms with Gasteiger partial charge in [-0.2, -0.15) is 4.98 Å². The fraction of sp³-hybridized carbons (Fsp3) is 0.429. The van der Waals surface area contributed by atoms with Crippen LogP contribution in [0.5, 0.6) is 0 Å². The first-order chi connectivity index (χ1) is 17.3. The van der Waals surface area contributed by atoms with Gasteiger partial charge in [-0.15, -0.1) is 0 Å². The lowest BCUT2D eigenvalue weighted by atomic mass is 9.98. The number of hydrogen-bond donors (Lipinski definition) is 1. The van der Waals surface area contributed by atoms with E-state index < -0.39 is 0 Å². The van der Waals surface area contributed by atoms with Crippen molar-refractivity contribution in [3.63, 3.8) is 0 Å². The number of hydrogen-bond acceptors (Lipinski definition) is 6. The van der Waals surface area contributed by atoms with Crippen LogP contribution in [-0.4, -0.2) is 55.9 Å². The van der Waals surface area contributed by atoms with Crippen molar-refractivity contribution in [2.75, 3.05) is 25.0 Å². The highest BCUT2D eigenvalue weighted by Gasteiger charge is 2.30. The Morgan fingerprint density at radius 2 is 1.92 bits per heavy atom. The molecule has 3 aromatic rings. The minimum atomic E-state index is -0.0632. The first-order valence-electron chi connectivity index (χ1n) is 12.7. The maximum Gasteiger partial charge on any atom is 0.252 e. The Labute approximate surface area is 212 Å². The van der Waals surface area contributed by atoms with E-state index in [2.05, 4.69) is 71.8 Å². The summed E-state index contributed by atoms with van der Waals surface area (Å²) in [4.78, 5) is 37.7. The highest BCUT2D eigenvalue weighted by molar-refractivity contribution is 5.87. The van der Waals surface area contributed by atoms with Crippen LogP contribution in [0.4, 0.5) is 5.95 Å². The van der Waals surface area contributed by atoms with Gasteiger partial charge in [0.05, 0.1) is 6.04 Å². The van der Waals surface area contributed by atoms with E-state index in [-0.39, 0.29) is 17.5 Å². The average molecular weight is 489 g/mol. The van der Waals surface area contributed by atoms with E-state index >= 15 is 0 Å². The van der Waals surface area contributed by atoms with Gasteiger partial charge < -0.3 is 10.2 Å². The molecule has 1 aromatic carbocycles. The molecule has 1 aliphatic heterocycles. The quantitative estimate of drug-likeness (QED) is 0.485. The predicted molar refractivity (Wildman–Crippen MR) is 144 cm³/mol. The van der Waals surface area contributed by atoms with Crippen molar-refractivity contribution in [2.45, 2.75) is 52.9 Å². The summed E-state index contributed by atoms with van der Waals surface area (Å²) in [7, 11) is 0. The van der Waals surface area contributed by atoms with E-state index in [9.17, 15) is 9.59 Å². The fourth-order valence-corrected chi connectivity index (χ4v) is 4.88. The van der Waals surface area contributed by atoms with Gasteiger partial charge in [0.1, 0.15) is 5.65 Å². The van der Waals surface area contributed by atoms with Crippen LogP contribution >= 0.6 is 0 Å². The zero-order chi connectivity index (χ0) is 25.8. The minimum absolute atomic E-state index is 0.00103. The van der Waals surface area contributed by atoms with Crippen LogP contribution in [0.15, 0.2) is 60.0 Å². The van der Waals surface area contributed by atoms with Gasteiger partial charge in [0.15, 0.2) is 0 Å². The summed E-state index contributed by atoms with van der Waals surface area (Å²) in [6.45, 7) is 15.8. The number of fused-ring (bicyclic) bond motifs is 1. The molecule has 1 saturated heterocycles. The van der Waals surface area contributed by atoms with Crippen LogP contribution < -0.4 is 10.9 Å². The molecule has 2 aromatic heterocycles. The molecule has 36 heavy (non-hydrogen) atoms. The molecule has 4 rings (SSSR count). The summed E-state index contributed by atoms with van der Waals surface area (Å²) in [5.41, 5.74) is 2.95. The van der Waals surface area contributed by atoms with Crippen molar-refractivity contribution in [1.82, 2.24) is 24.3 Å². The van der Waals surface area contributed by atoms with Crippen molar-refractivity contribution in [2.24, 2.45) is 5.92 Å². The van der Waals surface area contributed by atoms with Crippen molar-refractivity contribution in [3.8, 4) is 0 Å². The van der Waals surface area contributed by atoms with E-state index in [4.69, 9.17) is 0 Å². The maximum absolute atomic E-state index is 12.2. The van der Waals surface area contributed by atoms with Crippen LogP contribution in [0.2, 0.25) is 0 Å². The summed E-state index contributed by atoms with van der Waals surface area (Å²) >= 11 is 0. The average Bonchev–Trinajstić information content (AvgIpc) is 2.88. The molecule has 1 N–H and O–H groups in total. The summed E-state index contributed by atoms with van der Waals surface area (Å²) in [5.74, 6) is 0.957. The molecule has 0 spiro atoms. The Hall–Kier alpha value is -3.52. The first-order valence-corrected chi connectivity index (χ1v) is 12.7. The number of amides is 1. The molecule has 3 heterocycles. The van der Waals surface area contributed by atoms with Gasteiger partial charge in [-0.25, -0.2) is 4.98 Å². The van der Waals surface area contributed by atoms with Crippen molar-refractivity contribution < 1.29 is 4.79 Å². The van der Waals surface area contributed by atoms with Gasteiger partial charge >= 0.3 is 0 Å². The second-order valence-electron chi connectivity index (χ2n) is 9.77. The number of carbonyl (C=O) groups excluding carboxylic acids is 1. The number of pyridine rings is 1. The summed E-state index contributed by atoms with van der Waals surface area (Å²) in [6.07, 6.45) is 3.16. The van der Waals surface area contributed by atoms with Crippen LogP contribution in [0.25, 0.3) is 11.0 Å². The highest BCUT2D eigenvalue weighted by atomic mass is 16.2. The Morgan fingerprint density at radius 1 is 1.17 bits per heavy atom. The summed E-state index contributed by atoms with van der Waals surface area (Å²) < 4.78 is 1.65. The molecule has 0 unspecified atom stereocenters. The van der Waals surface area contributed by atoms with Gasteiger partial charge in [0.2, 0.25) is 11.9 Å². The van der Waals surface area contributed by atoms with Gasteiger partial charge in [-0.3, -0.25) is 19.1 Å². The number of aromatic nitrogens is 3. The van der Waals surface area contributed by atoms with Gasteiger partial charge in [-0.1, -0.05) is 44.7 Å². The predicted octanol–water partition coefficient (Wildman–Crippen LogP) is 3.84. The van der Waals surface area contributed by atoms with Crippen LogP contribution in [-0.2, 0) is 17.9 Å². The van der Waals surface area contributed by atoms with Crippen molar-refractivity contribution in [1.29, 1.82) is 0 Å². The SMILES string of the molecule is C=CC(=O)N1CCN(Cc2ccc([C@H](C)Nc3ncc4ccc(=O)n(CC)c4n3)cc2)[C@H](C(C)C)C1. The third-order valence-corrected chi connectivity index (χ3v) is 7.04. The topological polar surface area (TPSA) is 83.4 Å². The van der Waals surface area contributed by atoms with E-state index in [1.54, 1.807) is 22.9 Å². The number of rotatable bonds is 8. The summed E-state index contributed by atoms with van der Waals surface area (Å²) in [6, 6.07) is 12.2. The van der Waals surface area contributed by atoms with Gasteiger partial charge in [0, 0.05) is 56.4 Å². The number of piperazine rings is 1. The third kappa shape index (κ3) is 5.49. The fourth-order valence-electron chi connectivity index (χ4n) is 4.88. The van der Waals surface area contributed by atoms with Crippen molar-refractivity contribution in [3.05, 3.63) is 76.7 Å². The van der Waals surface area contributed by atoms with E-state index in [1.165, 1.54) is 11.6 Å². The Kier molecular flexibility index (Phi) is 7.84. The Bertz CT molecular complexity index is 1280. The number of benzene rings is 1. The second kappa shape index (κ2) is 11.0. The normalized spacial score (nSPS) is 17.4. The summed E-state index contributed by atoms with van der Waals surface area (Å²) in [5, 5.41) is 4.21. The highest BCUT2D eigenvalue weighted by Crippen LogP contribution is 2.23. The van der Waals surface area contributed by atoms with E-state index in [1.807, 2.05) is 11.8 Å². The molecule has 190 valence electrons. The lowest BCUT2D eigenvalue weighted by molar-refractivity contribution is -0.129.